The Morgan fingerprint density at radius 1 is 1.15 bits per heavy atom. The Morgan fingerprint density at radius 2 is 1.85 bits per heavy atom. The number of methoxy groups -OCH3 is 1. The fraction of sp³-hybridized carbons (Fsp3) is 0.429. The number of hydrogen-bond acceptors (Lipinski definition) is 6. The first-order valence-corrected chi connectivity index (χ1v) is 9.04. The van der Waals surface area contributed by atoms with Crippen LogP contribution in [-0.4, -0.2) is 31.2 Å². The van der Waals surface area contributed by atoms with E-state index in [2.05, 4.69) is 17.5 Å². The maximum atomic E-state index is 11.7. The van der Waals surface area contributed by atoms with E-state index in [0.29, 0.717) is 17.9 Å². The van der Waals surface area contributed by atoms with E-state index in [4.69, 9.17) is 14.2 Å². The van der Waals surface area contributed by atoms with Crippen molar-refractivity contribution in [1.82, 2.24) is 0 Å². The monoisotopic (exact) mass is 371 g/mol. The van der Waals surface area contributed by atoms with Gasteiger partial charge in [0.25, 0.3) is 0 Å². The molecule has 1 unspecified atom stereocenters. The highest BCUT2D eigenvalue weighted by Crippen LogP contribution is 2.52. The third kappa shape index (κ3) is 3.56. The van der Waals surface area contributed by atoms with Crippen molar-refractivity contribution in [1.29, 1.82) is 0 Å². The van der Waals surface area contributed by atoms with Gasteiger partial charge in [0.05, 0.1) is 13.2 Å². The van der Waals surface area contributed by atoms with Crippen molar-refractivity contribution in [2.75, 3.05) is 12.4 Å². The van der Waals surface area contributed by atoms with Crippen LogP contribution in [0.2, 0.25) is 0 Å². The van der Waals surface area contributed by atoms with Crippen LogP contribution < -0.4 is 14.8 Å². The minimum absolute atomic E-state index is 0.0385. The molecule has 27 heavy (non-hydrogen) atoms. The first-order chi connectivity index (χ1) is 12.8. The van der Waals surface area contributed by atoms with Crippen LogP contribution in [0, 0.1) is 6.92 Å². The number of carbonyl (C=O) groups is 2. The van der Waals surface area contributed by atoms with Gasteiger partial charge in [0.15, 0.2) is 11.5 Å². The number of allylic oxidation sites excluding steroid dienone is 2. The summed E-state index contributed by atoms with van der Waals surface area (Å²) in [5.41, 5.74) is 3.70. The zero-order valence-corrected chi connectivity index (χ0v) is 16.3. The van der Waals surface area contributed by atoms with E-state index < -0.39 is 5.97 Å². The lowest BCUT2D eigenvalue weighted by Gasteiger charge is -2.22. The average molecular weight is 371 g/mol. The van der Waals surface area contributed by atoms with E-state index in [-0.39, 0.29) is 24.0 Å². The topological polar surface area (TPSA) is 73.9 Å². The van der Waals surface area contributed by atoms with Gasteiger partial charge in [-0.05, 0) is 19.4 Å². The van der Waals surface area contributed by atoms with Crippen LogP contribution in [0.5, 0.6) is 11.5 Å². The third-order valence-corrected chi connectivity index (χ3v) is 4.90. The van der Waals surface area contributed by atoms with E-state index in [1.807, 2.05) is 26.0 Å². The van der Waals surface area contributed by atoms with Crippen molar-refractivity contribution in [2.45, 2.75) is 52.2 Å². The van der Waals surface area contributed by atoms with Crippen LogP contribution >= 0.6 is 0 Å². The van der Waals surface area contributed by atoms with Crippen molar-refractivity contribution < 1.29 is 23.8 Å². The van der Waals surface area contributed by atoms with Crippen LogP contribution in [0.1, 0.15) is 43.4 Å². The fourth-order valence-corrected chi connectivity index (χ4v) is 3.92. The molecule has 2 aliphatic rings. The predicted octanol–water partition coefficient (Wildman–Crippen LogP) is 3.43. The molecule has 0 bridgehead atoms. The number of fused-ring (bicyclic) bond motifs is 3. The molecular weight excluding hydrogens is 346 g/mol. The van der Waals surface area contributed by atoms with Gasteiger partial charge in [-0.1, -0.05) is 24.3 Å². The zero-order valence-electron chi connectivity index (χ0n) is 16.3. The maximum absolute atomic E-state index is 11.7. The summed E-state index contributed by atoms with van der Waals surface area (Å²) in [6, 6.07) is 0.0774. The summed E-state index contributed by atoms with van der Waals surface area (Å²) in [5.74, 6) is 0.333. The number of hydrogen-bond donors (Lipinski definition) is 1. The van der Waals surface area contributed by atoms with Gasteiger partial charge in [-0.3, -0.25) is 9.59 Å². The molecule has 1 heterocycles. The molecule has 0 radical (unpaired) electrons. The Hall–Kier alpha value is -2.76. The van der Waals surface area contributed by atoms with Gasteiger partial charge in [-0.25, -0.2) is 0 Å². The number of nitrogens with one attached hydrogen (secondary N) is 1. The van der Waals surface area contributed by atoms with Gasteiger partial charge in [0.1, 0.15) is 6.10 Å². The second-order valence-electron chi connectivity index (χ2n) is 6.94. The van der Waals surface area contributed by atoms with Crippen molar-refractivity contribution in [3.05, 3.63) is 41.0 Å². The Bertz CT molecular complexity index is 840. The smallest absolute Gasteiger partial charge is 0.308 e. The van der Waals surface area contributed by atoms with Gasteiger partial charge in [-0.2, -0.15) is 0 Å². The van der Waals surface area contributed by atoms with Crippen LogP contribution in [0.15, 0.2) is 24.3 Å². The van der Waals surface area contributed by atoms with Crippen LogP contribution in [-0.2, 0) is 20.7 Å². The van der Waals surface area contributed by atoms with E-state index in [1.54, 1.807) is 7.11 Å². The molecule has 0 amide bonds. The molecule has 6 nitrogen and oxygen atoms in total. The summed E-state index contributed by atoms with van der Waals surface area (Å²) >= 11 is 0. The van der Waals surface area contributed by atoms with E-state index in [9.17, 15) is 9.59 Å². The summed E-state index contributed by atoms with van der Waals surface area (Å²) in [6.45, 7) is 6.58. The molecule has 1 N–H and O–H groups in total. The number of anilines is 1. The molecule has 3 rings (SSSR count). The number of rotatable bonds is 5. The molecule has 6 heteroatoms. The maximum Gasteiger partial charge on any atom is 0.308 e. The minimum atomic E-state index is -0.394. The lowest BCUT2D eigenvalue weighted by molar-refractivity contribution is -0.145. The molecular formula is C21H25NO5. The molecule has 0 aromatic heterocycles. The predicted molar refractivity (Wildman–Crippen MR) is 102 cm³/mol. The van der Waals surface area contributed by atoms with Crippen molar-refractivity contribution in [3.8, 4) is 11.5 Å². The number of ether oxygens (including phenoxy) is 3. The largest absolute Gasteiger partial charge is 0.493 e. The van der Waals surface area contributed by atoms with Gasteiger partial charge in [0, 0.05) is 43.0 Å². The van der Waals surface area contributed by atoms with E-state index in [1.165, 1.54) is 13.8 Å². The molecule has 0 saturated carbocycles. The zero-order chi connectivity index (χ0) is 19.7. The Kier molecular flexibility index (Phi) is 5.26. The van der Waals surface area contributed by atoms with Gasteiger partial charge in [0.2, 0.25) is 0 Å². The minimum Gasteiger partial charge on any atom is -0.493 e. The molecule has 1 aliphatic heterocycles. The number of esters is 2. The molecule has 3 atom stereocenters. The highest BCUT2D eigenvalue weighted by atomic mass is 16.6. The second kappa shape index (κ2) is 7.47. The molecule has 144 valence electrons. The lowest BCUT2D eigenvalue weighted by atomic mass is 9.87. The lowest BCUT2D eigenvalue weighted by Crippen LogP contribution is -2.19. The summed E-state index contributed by atoms with van der Waals surface area (Å²) < 4.78 is 16.6. The quantitative estimate of drug-likeness (QED) is 0.631. The SMILES string of the molecule is COc1c(C)c(CC(C)OC(C)=O)c2c(c1OC(C)=O)[C@H]1C=CC=C[C@H]1N2. The standard InChI is InChI=1S/C21H25NO5/c1-11(26-13(3)23)10-16-12(2)20(25-5)21(27-14(4)24)18-15-8-6-7-9-17(15)22-19(16)18/h6-9,11,15,17,22H,10H2,1-5H3/t11?,15-,17+/m0/s1. The van der Waals surface area contributed by atoms with Gasteiger partial charge < -0.3 is 19.5 Å². The van der Waals surface area contributed by atoms with Crippen molar-refractivity contribution in [2.24, 2.45) is 0 Å². The molecule has 1 aliphatic carbocycles. The van der Waals surface area contributed by atoms with Crippen LogP contribution in [0.4, 0.5) is 5.69 Å². The highest BCUT2D eigenvalue weighted by Gasteiger charge is 2.38. The van der Waals surface area contributed by atoms with Crippen LogP contribution in [0.3, 0.4) is 0 Å². The summed E-state index contributed by atoms with van der Waals surface area (Å²) in [7, 11) is 1.57. The third-order valence-electron chi connectivity index (χ3n) is 4.90. The average Bonchev–Trinajstić information content (AvgIpc) is 2.97. The van der Waals surface area contributed by atoms with Gasteiger partial charge >= 0.3 is 11.9 Å². The van der Waals surface area contributed by atoms with E-state index >= 15 is 0 Å². The van der Waals surface area contributed by atoms with Crippen LogP contribution in [0.25, 0.3) is 0 Å². The highest BCUT2D eigenvalue weighted by molar-refractivity contribution is 5.81. The molecule has 1 aromatic carbocycles. The second-order valence-corrected chi connectivity index (χ2v) is 6.94. The summed E-state index contributed by atoms with van der Waals surface area (Å²) in [5, 5.41) is 3.54. The van der Waals surface area contributed by atoms with E-state index in [0.717, 1.165) is 22.4 Å². The first-order valence-electron chi connectivity index (χ1n) is 9.04. The molecule has 0 fully saturated rings. The molecule has 1 aromatic rings. The molecule has 0 saturated heterocycles. The van der Waals surface area contributed by atoms with Crippen molar-refractivity contribution >= 4 is 17.6 Å². The Balaban J connectivity index is 2.17. The number of carbonyl (C=O) groups excluding carboxylic acids is 2. The first kappa shape index (κ1) is 19.0. The summed E-state index contributed by atoms with van der Waals surface area (Å²) in [4.78, 5) is 23.1. The fourth-order valence-electron chi connectivity index (χ4n) is 3.92. The Labute approximate surface area is 159 Å². The summed E-state index contributed by atoms with van der Waals surface area (Å²) in [6.07, 6.45) is 8.41. The van der Waals surface area contributed by atoms with Gasteiger partial charge in [-0.15, -0.1) is 0 Å². The number of benzene rings is 1. The van der Waals surface area contributed by atoms with Crippen molar-refractivity contribution in [3.63, 3.8) is 0 Å². The normalized spacial score (nSPS) is 20.3. The molecule has 0 spiro atoms. The Morgan fingerprint density at radius 3 is 2.48 bits per heavy atom.